The van der Waals surface area contributed by atoms with E-state index in [4.69, 9.17) is 9.26 Å². The number of fused-ring (bicyclic) bond motifs is 2. The SMILES string of the molecule is Cc1cc(C)c(C(=O)P(=O)(OCCOCc2cccc3c2Cc2ccccc2S3)C(=O)c2c(C)cc(C)cc2C)c(C)c1. The number of carbonyl (C=O) groups is 2. The summed E-state index contributed by atoms with van der Waals surface area (Å²) in [7, 11) is -4.51. The van der Waals surface area contributed by atoms with Gasteiger partial charge < -0.3 is 9.26 Å². The molecule has 4 aromatic rings. The van der Waals surface area contributed by atoms with E-state index in [9.17, 15) is 14.2 Å². The molecule has 0 aliphatic carbocycles. The van der Waals surface area contributed by atoms with E-state index in [1.807, 2.05) is 44.2 Å². The molecule has 222 valence electrons. The first-order valence-electron chi connectivity index (χ1n) is 14.4. The van der Waals surface area contributed by atoms with Gasteiger partial charge in [0.05, 0.1) is 19.8 Å². The fourth-order valence-electron chi connectivity index (χ4n) is 6.05. The molecule has 0 radical (unpaired) electrons. The van der Waals surface area contributed by atoms with E-state index in [0.717, 1.165) is 23.1 Å². The van der Waals surface area contributed by atoms with Crippen molar-refractivity contribution in [1.82, 2.24) is 0 Å². The summed E-state index contributed by atoms with van der Waals surface area (Å²) in [4.78, 5) is 30.5. The molecule has 5 nitrogen and oxygen atoms in total. The maximum absolute atomic E-state index is 14.6. The van der Waals surface area contributed by atoms with Gasteiger partial charge >= 0.3 is 7.37 Å². The minimum atomic E-state index is -4.51. The molecule has 5 rings (SSSR count). The lowest BCUT2D eigenvalue weighted by molar-refractivity contribution is 0.0828. The van der Waals surface area contributed by atoms with Crippen LogP contribution < -0.4 is 0 Å². The van der Waals surface area contributed by atoms with Gasteiger partial charge in [0.2, 0.25) is 0 Å². The van der Waals surface area contributed by atoms with Gasteiger partial charge in [0.1, 0.15) is 0 Å². The summed E-state index contributed by atoms with van der Waals surface area (Å²) in [5.74, 6) is 0. The standard InChI is InChI=1S/C36H37O5PS/c1-22-16-24(3)33(25(4)17-22)35(37)42(39,36(38)34-26(5)18-23(2)19-27(34)6)41-15-14-40-21-29-11-9-13-32-30(29)20-28-10-7-8-12-31(28)43-32/h7-13,16-19H,14-15,20-21H2,1-6H3. The molecule has 0 aromatic heterocycles. The minimum Gasteiger partial charge on any atom is -0.374 e. The average Bonchev–Trinajstić information content (AvgIpc) is 2.94. The Labute approximate surface area is 258 Å². The van der Waals surface area contributed by atoms with Gasteiger partial charge in [-0.3, -0.25) is 14.2 Å². The Hall–Kier alpha value is -3.28. The first kappa shape index (κ1) is 31.2. The molecule has 0 fully saturated rings. The molecule has 0 atom stereocenters. The van der Waals surface area contributed by atoms with Gasteiger partial charge in [0.15, 0.2) is 0 Å². The number of carbonyl (C=O) groups excluding carboxylic acids is 2. The Morgan fingerprint density at radius 1 is 0.721 bits per heavy atom. The molecule has 0 unspecified atom stereocenters. The molecule has 4 aromatic carbocycles. The molecule has 7 heteroatoms. The summed E-state index contributed by atoms with van der Waals surface area (Å²) in [6.07, 6.45) is 0.831. The monoisotopic (exact) mass is 612 g/mol. The summed E-state index contributed by atoms with van der Waals surface area (Å²) in [6, 6.07) is 22.0. The highest BCUT2D eigenvalue weighted by molar-refractivity contribution is 7.99. The third-order valence-electron chi connectivity index (χ3n) is 7.86. The van der Waals surface area contributed by atoms with Crippen LogP contribution in [0.1, 0.15) is 70.8 Å². The van der Waals surface area contributed by atoms with Gasteiger partial charge in [-0.05, 0) is 92.6 Å². The normalized spacial score (nSPS) is 12.5. The second-order valence-corrected chi connectivity index (χ2v) is 14.6. The maximum atomic E-state index is 14.6. The third-order valence-corrected chi connectivity index (χ3v) is 11.1. The van der Waals surface area contributed by atoms with Gasteiger partial charge in [-0.25, -0.2) is 0 Å². The van der Waals surface area contributed by atoms with E-state index >= 15 is 0 Å². The van der Waals surface area contributed by atoms with Crippen molar-refractivity contribution < 1.29 is 23.4 Å². The number of aryl methyl sites for hydroxylation is 6. The topological polar surface area (TPSA) is 69.7 Å². The van der Waals surface area contributed by atoms with Crippen molar-refractivity contribution in [2.45, 2.75) is 64.4 Å². The number of ether oxygens (including phenoxy) is 1. The molecule has 0 spiro atoms. The van der Waals surface area contributed by atoms with Crippen molar-refractivity contribution in [2.24, 2.45) is 0 Å². The second kappa shape index (κ2) is 12.8. The Balaban J connectivity index is 1.36. The van der Waals surface area contributed by atoms with Crippen molar-refractivity contribution in [1.29, 1.82) is 0 Å². The maximum Gasteiger partial charge on any atom is 0.340 e. The van der Waals surface area contributed by atoms with Crippen LogP contribution in [0.2, 0.25) is 0 Å². The van der Waals surface area contributed by atoms with Crippen LogP contribution in [-0.2, 0) is 26.9 Å². The van der Waals surface area contributed by atoms with Crippen LogP contribution in [0.5, 0.6) is 0 Å². The first-order valence-corrected chi connectivity index (χ1v) is 16.9. The highest BCUT2D eigenvalue weighted by atomic mass is 32.2. The molecule has 1 aliphatic heterocycles. The molecule has 0 amide bonds. The number of benzene rings is 4. The molecular weight excluding hydrogens is 575 g/mol. The van der Waals surface area contributed by atoms with Crippen molar-refractivity contribution in [3.8, 4) is 0 Å². The largest absolute Gasteiger partial charge is 0.374 e. The first-order chi connectivity index (χ1) is 20.5. The smallest absolute Gasteiger partial charge is 0.340 e. The molecule has 0 saturated heterocycles. The van der Waals surface area contributed by atoms with Crippen molar-refractivity contribution >= 4 is 30.2 Å². The summed E-state index contributed by atoms with van der Waals surface area (Å²) < 4.78 is 26.4. The van der Waals surface area contributed by atoms with E-state index in [-0.39, 0.29) is 24.3 Å². The summed E-state index contributed by atoms with van der Waals surface area (Å²) in [6.45, 7) is 11.3. The number of rotatable bonds is 10. The van der Waals surface area contributed by atoms with Gasteiger partial charge in [-0.15, -0.1) is 0 Å². The Morgan fingerprint density at radius 3 is 1.84 bits per heavy atom. The summed E-state index contributed by atoms with van der Waals surface area (Å²) in [5, 5.41) is 0. The Bertz CT molecular complexity index is 1670. The zero-order valence-electron chi connectivity index (χ0n) is 25.6. The lowest BCUT2D eigenvalue weighted by atomic mass is 9.99. The van der Waals surface area contributed by atoms with E-state index in [2.05, 4.69) is 36.4 Å². The van der Waals surface area contributed by atoms with Crippen LogP contribution in [-0.4, -0.2) is 24.3 Å². The third kappa shape index (κ3) is 6.34. The quantitative estimate of drug-likeness (QED) is 0.116. The fraction of sp³-hybridized carbons (Fsp3) is 0.278. The zero-order valence-corrected chi connectivity index (χ0v) is 27.3. The fourth-order valence-corrected chi connectivity index (χ4v) is 9.22. The van der Waals surface area contributed by atoms with Crippen LogP contribution >= 0.6 is 19.1 Å². The van der Waals surface area contributed by atoms with E-state index < -0.39 is 18.4 Å². The predicted octanol–water partition coefficient (Wildman–Crippen LogP) is 9.08. The highest BCUT2D eigenvalue weighted by Crippen LogP contribution is 2.54. The van der Waals surface area contributed by atoms with Crippen LogP contribution in [0.15, 0.2) is 76.5 Å². The molecule has 1 heterocycles. The molecular formula is C36H37O5PS. The van der Waals surface area contributed by atoms with Crippen LogP contribution in [0, 0.1) is 41.5 Å². The van der Waals surface area contributed by atoms with Crippen LogP contribution in [0.3, 0.4) is 0 Å². The van der Waals surface area contributed by atoms with Gasteiger partial charge in [-0.2, -0.15) is 0 Å². The molecule has 0 N–H and O–H groups in total. The lowest BCUT2D eigenvalue weighted by Gasteiger charge is -2.22. The molecule has 0 saturated carbocycles. The van der Waals surface area contributed by atoms with E-state index in [1.165, 1.54) is 20.9 Å². The zero-order chi connectivity index (χ0) is 30.9. The number of hydrogen-bond acceptors (Lipinski definition) is 6. The van der Waals surface area contributed by atoms with Crippen molar-refractivity contribution in [2.75, 3.05) is 13.2 Å². The average molecular weight is 613 g/mol. The molecule has 1 aliphatic rings. The van der Waals surface area contributed by atoms with Gasteiger partial charge in [0, 0.05) is 27.3 Å². The predicted molar refractivity (Wildman–Crippen MR) is 173 cm³/mol. The number of hydrogen-bond donors (Lipinski definition) is 0. The Kier molecular flexibility index (Phi) is 9.24. The molecule has 0 bridgehead atoms. The van der Waals surface area contributed by atoms with E-state index in [0.29, 0.717) is 28.9 Å². The van der Waals surface area contributed by atoms with Crippen LogP contribution in [0.25, 0.3) is 0 Å². The van der Waals surface area contributed by atoms with Gasteiger partial charge in [0.25, 0.3) is 11.0 Å². The van der Waals surface area contributed by atoms with E-state index in [1.54, 1.807) is 39.5 Å². The second-order valence-electron chi connectivity index (χ2n) is 11.4. The highest BCUT2D eigenvalue weighted by Gasteiger charge is 2.44. The summed E-state index contributed by atoms with van der Waals surface area (Å²) >= 11 is 1.76. The van der Waals surface area contributed by atoms with Gasteiger partial charge in [-0.1, -0.05) is 77.5 Å². The van der Waals surface area contributed by atoms with Crippen molar-refractivity contribution in [3.05, 3.63) is 128 Å². The molecule has 43 heavy (non-hydrogen) atoms. The van der Waals surface area contributed by atoms with Crippen molar-refractivity contribution in [3.63, 3.8) is 0 Å². The lowest BCUT2D eigenvalue weighted by Crippen LogP contribution is -2.19. The Morgan fingerprint density at radius 2 is 1.26 bits per heavy atom. The minimum absolute atomic E-state index is 0.0790. The van der Waals surface area contributed by atoms with Crippen LogP contribution in [0.4, 0.5) is 0 Å². The summed E-state index contributed by atoms with van der Waals surface area (Å²) in [5.41, 5.74) is 7.26.